The zero-order chi connectivity index (χ0) is 8.27. The van der Waals surface area contributed by atoms with E-state index in [0.29, 0.717) is 6.07 Å². The fourth-order valence-electron chi connectivity index (χ4n) is 0.589. The Bertz CT molecular complexity index is 277. The van der Waals surface area contributed by atoms with Crippen LogP contribution in [0.5, 0.6) is 5.75 Å². The Labute approximate surface area is 65.5 Å². The third kappa shape index (κ3) is 1.98. The average molecular weight is 178 g/mol. The maximum Gasteiger partial charge on any atom is 0.193 e. The predicted molar refractivity (Wildman–Crippen MR) is 36.5 cm³/mol. The first-order chi connectivity index (χ1) is 5.24. The van der Waals surface area contributed by atoms with Crippen LogP contribution in [-0.4, -0.2) is 4.21 Å². The Morgan fingerprint density at radius 1 is 1.36 bits per heavy atom. The normalized spacial score (nSPS) is 9.64. The molecule has 0 saturated heterocycles. The molecule has 11 heavy (non-hydrogen) atoms. The van der Waals surface area contributed by atoms with Gasteiger partial charge in [0.1, 0.15) is 5.82 Å². The molecule has 0 aliphatic rings. The third-order valence-corrected chi connectivity index (χ3v) is 1.30. The molecule has 1 aromatic rings. The molecule has 0 unspecified atom stereocenters. The molecule has 5 heteroatoms. The Kier molecular flexibility index (Phi) is 2.53. The predicted octanol–water partition coefficient (Wildman–Crippen LogP) is 1.20. The van der Waals surface area contributed by atoms with Crippen molar-refractivity contribution in [3.63, 3.8) is 0 Å². The van der Waals surface area contributed by atoms with Crippen LogP contribution in [0.3, 0.4) is 0 Å². The van der Waals surface area contributed by atoms with Crippen LogP contribution in [0, 0.1) is 11.6 Å². The highest BCUT2D eigenvalue weighted by atomic mass is 32.2. The SMILES string of the molecule is O=[SH]Oc1ccc(F)cc1F. The van der Waals surface area contributed by atoms with Crippen LogP contribution < -0.4 is 4.18 Å². The van der Waals surface area contributed by atoms with Gasteiger partial charge < -0.3 is 4.18 Å². The molecule has 0 aliphatic heterocycles. The van der Waals surface area contributed by atoms with E-state index in [1.54, 1.807) is 0 Å². The van der Waals surface area contributed by atoms with Crippen LogP contribution in [0.25, 0.3) is 0 Å². The second kappa shape index (κ2) is 3.43. The first-order valence-electron chi connectivity index (χ1n) is 2.69. The molecule has 0 radical (unpaired) electrons. The van der Waals surface area contributed by atoms with Gasteiger partial charge in [-0.1, -0.05) is 0 Å². The van der Waals surface area contributed by atoms with Gasteiger partial charge in [-0.15, -0.1) is 0 Å². The third-order valence-electron chi connectivity index (χ3n) is 1.03. The van der Waals surface area contributed by atoms with Crippen molar-refractivity contribution in [1.29, 1.82) is 0 Å². The molecule has 0 amide bonds. The van der Waals surface area contributed by atoms with E-state index < -0.39 is 23.6 Å². The van der Waals surface area contributed by atoms with Gasteiger partial charge in [0.2, 0.25) is 0 Å². The second-order valence-electron chi connectivity index (χ2n) is 1.74. The molecular weight excluding hydrogens is 174 g/mol. The highest BCUT2D eigenvalue weighted by Gasteiger charge is 2.03. The Morgan fingerprint density at radius 2 is 2.09 bits per heavy atom. The molecule has 0 saturated carbocycles. The molecule has 0 N–H and O–H groups in total. The lowest BCUT2D eigenvalue weighted by atomic mass is 10.3. The van der Waals surface area contributed by atoms with Crippen molar-refractivity contribution in [2.45, 2.75) is 0 Å². The number of thiol groups is 1. The highest BCUT2D eigenvalue weighted by Crippen LogP contribution is 2.16. The van der Waals surface area contributed by atoms with Crippen LogP contribution >= 0.6 is 0 Å². The summed E-state index contributed by atoms with van der Waals surface area (Å²) in [5, 5.41) is 0. The van der Waals surface area contributed by atoms with E-state index in [-0.39, 0.29) is 5.75 Å². The molecule has 0 heterocycles. The maximum absolute atomic E-state index is 12.5. The van der Waals surface area contributed by atoms with Gasteiger partial charge in [0.15, 0.2) is 23.5 Å². The summed E-state index contributed by atoms with van der Waals surface area (Å²) in [5.74, 6) is -1.80. The van der Waals surface area contributed by atoms with Crippen LogP contribution in [-0.2, 0) is 11.9 Å². The van der Waals surface area contributed by atoms with E-state index in [1.807, 2.05) is 0 Å². The molecular formula is C6H4F2O2S. The average Bonchev–Trinajstić information content (AvgIpc) is 1.95. The monoisotopic (exact) mass is 178 g/mol. The standard InChI is InChI=1S/C6H4F2O2S/c7-4-1-2-6(10-11-9)5(8)3-4/h1-3,11H. The quantitative estimate of drug-likeness (QED) is 0.689. The zero-order valence-electron chi connectivity index (χ0n) is 5.25. The first-order valence-corrected chi connectivity index (χ1v) is 3.42. The van der Waals surface area contributed by atoms with E-state index in [1.165, 1.54) is 0 Å². The van der Waals surface area contributed by atoms with Crippen molar-refractivity contribution >= 4 is 11.9 Å². The van der Waals surface area contributed by atoms with Gasteiger partial charge in [0.25, 0.3) is 0 Å². The van der Waals surface area contributed by atoms with Crippen LogP contribution in [0.4, 0.5) is 8.78 Å². The molecule has 0 spiro atoms. The molecule has 1 rings (SSSR count). The maximum atomic E-state index is 12.5. The van der Waals surface area contributed by atoms with Gasteiger partial charge in [-0.2, -0.15) is 0 Å². The fraction of sp³-hybridized carbons (Fsp3) is 0. The van der Waals surface area contributed by atoms with Crippen molar-refractivity contribution in [1.82, 2.24) is 0 Å². The van der Waals surface area contributed by atoms with Crippen molar-refractivity contribution in [2.75, 3.05) is 0 Å². The lowest BCUT2D eigenvalue weighted by molar-refractivity contribution is 0.510. The first kappa shape index (κ1) is 8.13. The summed E-state index contributed by atoms with van der Waals surface area (Å²) in [6.07, 6.45) is 0. The Hall–Kier alpha value is -0.970. The highest BCUT2D eigenvalue weighted by molar-refractivity contribution is 7.60. The molecule has 60 valence electrons. The van der Waals surface area contributed by atoms with E-state index >= 15 is 0 Å². The van der Waals surface area contributed by atoms with Gasteiger partial charge in [-0.05, 0) is 12.1 Å². The molecule has 0 bridgehead atoms. The lowest BCUT2D eigenvalue weighted by Crippen LogP contribution is -1.88. The summed E-state index contributed by atoms with van der Waals surface area (Å²) in [6, 6.07) is 2.74. The fourth-order valence-corrected chi connectivity index (χ4v) is 0.818. The molecule has 0 atom stereocenters. The van der Waals surface area contributed by atoms with Gasteiger partial charge in [-0.25, -0.2) is 13.0 Å². The minimum absolute atomic E-state index is 0.233. The summed E-state index contributed by atoms with van der Waals surface area (Å²) < 4.78 is 38.8. The summed E-state index contributed by atoms with van der Waals surface area (Å²) in [4.78, 5) is 0. The largest absolute Gasteiger partial charge is 0.399 e. The Morgan fingerprint density at radius 3 is 2.64 bits per heavy atom. The number of hydrogen-bond donors (Lipinski definition) is 1. The van der Waals surface area contributed by atoms with Crippen LogP contribution in [0.15, 0.2) is 18.2 Å². The summed E-state index contributed by atoms with van der Waals surface area (Å²) in [7, 11) is 0. The van der Waals surface area contributed by atoms with Gasteiger partial charge in [0, 0.05) is 6.07 Å². The van der Waals surface area contributed by atoms with Crippen molar-refractivity contribution in [3.05, 3.63) is 29.8 Å². The molecule has 2 nitrogen and oxygen atoms in total. The van der Waals surface area contributed by atoms with Gasteiger partial charge in [-0.3, -0.25) is 0 Å². The minimum Gasteiger partial charge on any atom is -0.399 e. The second-order valence-corrected chi connectivity index (χ2v) is 2.07. The van der Waals surface area contributed by atoms with Crippen LogP contribution in [0.2, 0.25) is 0 Å². The zero-order valence-corrected chi connectivity index (χ0v) is 6.15. The van der Waals surface area contributed by atoms with E-state index in [0.717, 1.165) is 12.1 Å². The summed E-state index contributed by atoms with van der Waals surface area (Å²) in [5.41, 5.74) is 0. The molecule has 1 aromatic carbocycles. The molecule has 0 aromatic heterocycles. The van der Waals surface area contributed by atoms with Crippen molar-refractivity contribution in [2.24, 2.45) is 0 Å². The smallest absolute Gasteiger partial charge is 0.193 e. The van der Waals surface area contributed by atoms with Crippen LogP contribution in [0.1, 0.15) is 0 Å². The minimum atomic E-state index is -0.867. The molecule has 0 aliphatic carbocycles. The van der Waals surface area contributed by atoms with E-state index in [9.17, 15) is 13.0 Å². The van der Waals surface area contributed by atoms with Gasteiger partial charge >= 0.3 is 0 Å². The number of benzene rings is 1. The van der Waals surface area contributed by atoms with E-state index in [2.05, 4.69) is 4.18 Å². The number of rotatable bonds is 2. The summed E-state index contributed by atoms with van der Waals surface area (Å²) in [6.45, 7) is 0. The van der Waals surface area contributed by atoms with Crippen molar-refractivity contribution < 1.29 is 17.2 Å². The number of halogens is 2. The lowest BCUT2D eigenvalue weighted by Gasteiger charge is -1.97. The Balaban J connectivity index is 2.98. The summed E-state index contributed by atoms with van der Waals surface area (Å²) >= 11 is -0.661. The number of hydrogen-bond acceptors (Lipinski definition) is 2. The van der Waals surface area contributed by atoms with E-state index in [4.69, 9.17) is 0 Å². The van der Waals surface area contributed by atoms with Gasteiger partial charge in [0.05, 0.1) is 0 Å². The topological polar surface area (TPSA) is 26.3 Å². The van der Waals surface area contributed by atoms with Crippen molar-refractivity contribution in [3.8, 4) is 5.75 Å². The molecule has 0 fully saturated rings.